The lowest BCUT2D eigenvalue weighted by Gasteiger charge is -2.18. The predicted octanol–water partition coefficient (Wildman–Crippen LogP) is 4.82. The van der Waals surface area contributed by atoms with Crippen LogP contribution in [0.1, 0.15) is 41.6 Å². The van der Waals surface area contributed by atoms with Gasteiger partial charge in [0.05, 0.1) is 45.3 Å². The summed E-state index contributed by atoms with van der Waals surface area (Å²) in [5.41, 5.74) is 4.93. The molecule has 0 radical (unpaired) electrons. The lowest BCUT2D eigenvalue weighted by atomic mass is 10.0. The Morgan fingerprint density at radius 1 is 0.968 bits per heavy atom. The minimum Gasteiger partial charge on any atom is -0.493 e. The zero-order valence-electron chi connectivity index (χ0n) is 19.1. The van der Waals surface area contributed by atoms with Gasteiger partial charge in [-0.15, -0.1) is 0 Å². The molecular weight excluding hydrogens is 398 g/mol. The molecule has 0 fully saturated rings. The van der Waals surface area contributed by atoms with Gasteiger partial charge in [0.15, 0.2) is 11.5 Å². The number of carbonyl (C=O) groups excluding carboxylic acids is 1. The average Bonchev–Trinajstić information content (AvgIpc) is 3.20. The van der Waals surface area contributed by atoms with E-state index in [0.717, 1.165) is 27.9 Å². The predicted molar refractivity (Wildman–Crippen MR) is 119 cm³/mol. The normalized spacial score (nSPS) is 12.0. The lowest BCUT2D eigenvalue weighted by molar-refractivity contribution is 0.0524. The molecule has 0 saturated heterocycles. The smallest absolute Gasteiger partial charge is 0.338 e. The summed E-state index contributed by atoms with van der Waals surface area (Å²) in [7, 11) is 6.40. The topological polar surface area (TPSA) is 67.6 Å². The van der Waals surface area contributed by atoms with Crippen LogP contribution in [0.15, 0.2) is 30.5 Å². The van der Waals surface area contributed by atoms with Crippen LogP contribution in [0.2, 0.25) is 0 Å². The van der Waals surface area contributed by atoms with Gasteiger partial charge >= 0.3 is 5.97 Å². The molecule has 0 N–H and O–H groups in total. The molecule has 0 aliphatic rings. The first kappa shape index (κ1) is 22.5. The third-order valence-corrected chi connectivity index (χ3v) is 5.42. The Kier molecular flexibility index (Phi) is 6.75. The molecule has 7 heteroatoms. The number of hydrogen-bond donors (Lipinski definition) is 0. The molecule has 1 unspecified atom stereocenters. The van der Waals surface area contributed by atoms with Gasteiger partial charge in [0, 0.05) is 24.4 Å². The standard InChI is InChI=1S/C24H29NO6/c1-8-31-24(26)19-12-18-9-17(13-25(18)22(14(19)2)15(3)27-4)16-10-20(28-5)23(30-7)21(11-16)29-6/h9-13,15H,8H2,1-7H3. The lowest BCUT2D eigenvalue weighted by Crippen LogP contribution is -2.13. The van der Waals surface area contributed by atoms with Crippen LogP contribution in [-0.2, 0) is 9.47 Å². The molecule has 0 bridgehead atoms. The highest BCUT2D eigenvalue weighted by molar-refractivity contribution is 5.93. The van der Waals surface area contributed by atoms with Crippen molar-refractivity contribution in [1.82, 2.24) is 4.40 Å². The fraction of sp³-hybridized carbons (Fsp3) is 0.375. The summed E-state index contributed by atoms with van der Waals surface area (Å²) < 4.78 is 29.3. The molecule has 3 rings (SSSR count). The van der Waals surface area contributed by atoms with Gasteiger partial charge in [-0.3, -0.25) is 0 Å². The second-order valence-corrected chi connectivity index (χ2v) is 7.10. The van der Waals surface area contributed by atoms with Crippen molar-refractivity contribution < 1.29 is 28.5 Å². The summed E-state index contributed by atoms with van der Waals surface area (Å²) in [6.07, 6.45) is 1.79. The van der Waals surface area contributed by atoms with Crippen molar-refractivity contribution in [1.29, 1.82) is 0 Å². The number of aromatic nitrogens is 1. The van der Waals surface area contributed by atoms with Crippen LogP contribution in [0.4, 0.5) is 0 Å². The largest absolute Gasteiger partial charge is 0.493 e. The molecule has 1 aromatic carbocycles. The number of fused-ring (bicyclic) bond motifs is 1. The highest BCUT2D eigenvalue weighted by atomic mass is 16.5. The van der Waals surface area contributed by atoms with E-state index in [1.54, 1.807) is 35.4 Å². The number of pyridine rings is 1. The number of methoxy groups -OCH3 is 4. The molecule has 2 aromatic heterocycles. The van der Waals surface area contributed by atoms with E-state index in [4.69, 9.17) is 23.7 Å². The molecule has 0 amide bonds. The quantitative estimate of drug-likeness (QED) is 0.480. The number of esters is 1. The molecule has 2 heterocycles. The molecule has 0 saturated carbocycles. The monoisotopic (exact) mass is 427 g/mol. The number of hydrogen-bond acceptors (Lipinski definition) is 6. The van der Waals surface area contributed by atoms with E-state index in [1.807, 2.05) is 48.7 Å². The molecule has 0 aliphatic heterocycles. The minimum atomic E-state index is -0.345. The van der Waals surface area contributed by atoms with E-state index in [9.17, 15) is 4.79 Å². The molecule has 1 atom stereocenters. The van der Waals surface area contributed by atoms with Gasteiger partial charge in [0.2, 0.25) is 5.75 Å². The van der Waals surface area contributed by atoms with Crippen LogP contribution in [-0.4, -0.2) is 45.4 Å². The molecular formula is C24H29NO6. The van der Waals surface area contributed by atoms with Gasteiger partial charge in [-0.25, -0.2) is 4.79 Å². The van der Waals surface area contributed by atoms with Crippen LogP contribution in [0.3, 0.4) is 0 Å². The molecule has 31 heavy (non-hydrogen) atoms. The van der Waals surface area contributed by atoms with Gasteiger partial charge < -0.3 is 28.1 Å². The Morgan fingerprint density at radius 3 is 2.13 bits per heavy atom. The minimum absolute atomic E-state index is 0.225. The first-order valence-corrected chi connectivity index (χ1v) is 10.1. The zero-order valence-corrected chi connectivity index (χ0v) is 19.1. The maximum absolute atomic E-state index is 12.6. The van der Waals surface area contributed by atoms with Crippen LogP contribution in [0.5, 0.6) is 17.2 Å². The first-order chi connectivity index (χ1) is 14.9. The summed E-state index contributed by atoms with van der Waals surface area (Å²) in [4.78, 5) is 12.6. The van der Waals surface area contributed by atoms with Crippen molar-refractivity contribution >= 4 is 11.5 Å². The Morgan fingerprint density at radius 2 is 1.61 bits per heavy atom. The van der Waals surface area contributed by atoms with Crippen molar-refractivity contribution in [3.63, 3.8) is 0 Å². The summed E-state index contributed by atoms with van der Waals surface area (Å²) in [6.45, 7) is 5.98. The molecule has 3 aromatic rings. The second kappa shape index (κ2) is 9.31. The van der Waals surface area contributed by atoms with Gasteiger partial charge in [-0.2, -0.15) is 0 Å². The van der Waals surface area contributed by atoms with E-state index >= 15 is 0 Å². The van der Waals surface area contributed by atoms with Crippen LogP contribution in [0.25, 0.3) is 16.6 Å². The maximum atomic E-state index is 12.6. The highest BCUT2D eigenvalue weighted by Crippen LogP contribution is 2.42. The van der Waals surface area contributed by atoms with Gasteiger partial charge in [-0.1, -0.05) is 0 Å². The molecule has 0 aliphatic carbocycles. The van der Waals surface area contributed by atoms with Crippen LogP contribution < -0.4 is 14.2 Å². The maximum Gasteiger partial charge on any atom is 0.338 e. The van der Waals surface area contributed by atoms with E-state index < -0.39 is 0 Å². The number of rotatable bonds is 8. The third kappa shape index (κ3) is 4.05. The van der Waals surface area contributed by atoms with Gasteiger partial charge in [0.1, 0.15) is 0 Å². The molecule has 7 nitrogen and oxygen atoms in total. The van der Waals surface area contributed by atoms with Crippen molar-refractivity contribution in [2.24, 2.45) is 0 Å². The number of ether oxygens (including phenoxy) is 5. The van der Waals surface area contributed by atoms with Crippen molar-refractivity contribution in [2.45, 2.75) is 26.9 Å². The van der Waals surface area contributed by atoms with Crippen molar-refractivity contribution in [3.8, 4) is 28.4 Å². The fourth-order valence-corrected chi connectivity index (χ4v) is 3.81. The van der Waals surface area contributed by atoms with Gasteiger partial charge in [0.25, 0.3) is 0 Å². The summed E-state index contributed by atoms with van der Waals surface area (Å²) >= 11 is 0. The van der Waals surface area contributed by atoms with E-state index in [1.165, 1.54) is 0 Å². The van der Waals surface area contributed by atoms with E-state index in [0.29, 0.717) is 29.4 Å². The summed E-state index contributed by atoms with van der Waals surface area (Å²) in [5.74, 6) is 1.33. The zero-order chi connectivity index (χ0) is 22.7. The Labute approximate surface area is 182 Å². The number of benzene rings is 1. The average molecular weight is 427 g/mol. The molecule has 0 spiro atoms. The van der Waals surface area contributed by atoms with Crippen LogP contribution >= 0.6 is 0 Å². The molecule has 166 valence electrons. The fourth-order valence-electron chi connectivity index (χ4n) is 3.81. The summed E-state index contributed by atoms with van der Waals surface area (Å²) in [5, 5.41) is 0. The number of carbonyl (C=O) groups is 1. The Hall–Kier alpha value is -3.19. The van der Waals surface area contributed by atoms with Crippen molar-refractivity contribution in [3.05, 3.63) is 47.3 Å². The second-order valence-electron chi connectivity index (χ2n) is 7.10. The SMILES string of the molecule is CCOC(=O)c1cc2cc(-c3cc(OC)c(OC)c(OC)c3)cn2c(C(C)OC)c1C. The van der Waals surface area contributed by atoms with Crippen LogP contribution in [0, 0.1) is 6.92 Å². The van der Waals surface area contributed by atoms with E-state index in [-0.39, 0.29) is 12.1 Å². The van der Waals surface area contributed by atoms with E-state index in [2.05, 4.69) is 0 Å². The Balaban J connectivity index is 2.26. The Bertz CT molecular complexity index is 1080. The van der Waals surface area contributed by atoms with Crippen molar-refractivity contribution in [2.75, 3.05) is 35.0 Å². The third-order valence-electron chi connectivity index (χ3n) is 5.42. The highest BCUT2D eigenvalue weighted by Gasteiger charge is 2.22. The first-order valence-electron chi connectivity index (χ1n) is 10.1. The van der Waals surface area contributed by atoms with Gasteiger partial charge in [-0.05, 0) is 56.2 Å². The number of nitrogens with zero attached hydrogens (tertiary/aromatic N) is 1. The summed E-state index contributed by atoms with van der Waals surface area (Å²) in [6, 6.07) is 7.65.